The van der Waals surface area contributed by atoms with Crippen molar-refractivity contribution in [1.29, 1.82) is 0 Å². The topological polar surface area (TPSA) is 69.8 Å². The highest BCUT2D eigenvalue weighted by Crippen LogP contribution is 2.14. The number of aryl methyl sites for hydroxylation is 1. The third-order valence-corrected chi connectivity index (χ3v) is 3.20. The van der Waals surface area contributed by atoms with E-state index in [1.807, 2.05) is 6.92 Å². The number of rotatable bonds is 3. The molecule has 1 aromatic rings. The van der Waals surface area contributed by atoms with Crippen LogP contribution in [0.5, 0.6) is 0 Å². The minimum absolute atomic E-state index is 0.0350. The molecule has 1 fully saturated rings. The summed E-state index contributed by atoms with van der Waals surface area (Å²) in [6, 6.07) is -0.0350. The second-order valence-electron chi connectivity index (χ2n) is 4.44. The van der Waals surface area contributed by atoms with Crippen LogP contribution in [-0.2, 0) is 11.3 Å². The standard InChI is InChI=1S/C11H18N4O/c1-7-3-4-12-10(7)11(16)13-5-9-6-14-15-8(9)2/h6-7,10,12H,3-5H2,1-2H3,(H,13,16)(H,14,15). The Balaban J connectivity index is 1.86. The summed E-state index contributed by atoms with van der Waals surface area (Å²) in [6.07, 6.45) is 2.82. The Morgan fingerprint density at radius 1 is 1.69 bits per heavy atom. The highest BCUT2D eigenvalue weighted by molar-refractivity contribution is 5.82. The average molecular weight is 222 g/mol. The Labute approximate surface area is 95.0 Å². The molecule has 2 heterocycles. The van der Waals surface area contributed by atoms with Crippen molar-refractivity contribution in [2.45, 2.75) is 32.9 Å². The van der Waals surface area contributed by atoms with Crippen LogP contribution in [0.4, 0.5) is 0 Å². The summed E-state index contributed by atoms with van der Waals surface area (Å²) in [4.78, 5) is 11.9. The maximum atomic E-state index is 11.9. The van der Waals surface area contributed by atoms with Gasteiger partial charge in [-0.25, -0.2) is 0 Å². The molecule has 1 amide bonds. The van der Waals surface area contributed by atoms with Gasteiger partial charge in [-0.05, 0) is 25.8 Å². The molecule has 1 aromatic heterocycles. The van der Waals surface area contributed by atoms with Crippen LogP contribution < -0.4 is 10.6 Å². The SMILES string of the molecule is Cc1[nH]ncc1CNC(=O)C1NCCC1C. The van der Waals surface area contributed by atoms with E-state index in [0.29, 0.717) is 12.5 Å². The number of nitrogens with one attached hydrogen (secondary N) is 3. The minimum atomic E-state index is -0.0350. The van der Waals surface area contributed by atoms with Gasteiger partial charge in [0.25, 0.3) is 0 Å². The average Bonchev–Trinajstić information content (AvgIpc) is 2.84. The van der Waals surface area contributed by atoms with Gasteiger partial charge in [-0.15, -0.1) is 0 Å². The summed E-state index contributed by atoms with van der Waals surface area (Å²) < 4.78 is 0. The molecule has 16 heavy (non-hydrogen) atoms. The van der Waals surface area contributed by atoms with Gasteiger partial charge in [0.1, 0.15) is 0 Å². The fraction of sp³-hybridized carbons (Fsp3) is 0.636. The maximum absolute atomic E-state index is 11.9. The van der Waals surface area contributed by atoms with E-state index >= 15 is 0 Å². The lowest BCUT2D eigenvalue weighted by molar-refractivity contribution is -0.123. The zero-order valence-electron chi connectivity index (χ0n) is 9.71. The first kappa shape index (κ1) is 11.1. The number of aromatic nitrogens is 2. The van der Waals surface area contributed by atoms with E-state index in [1.165, 1.54) is 0 Å². The molecule has 2 rings (SSSR count). The molecule has 1 aliphatic rings. The molecule has 0 aromatic carbocycles. The number of carbonyl (C=O) groups is 1. The Hall–Kier alpha value is -1.36. The predicted molar refractivity (Wildman–Crippen MR) is 60.7 cm³/mol. The lowest BCUT2D eigenvalue weighted by Gasteiger charge is -2.15. The van der Waals surface area contributed by atoms with Crippen molar-refractivity contribution in [2.75, 3.05) is 6.54 Å². The molecule has 2 unspecified atom stereocenters. The van der Waals surface area contributed by atoms with Crippen molar-refractivity contribution in [3.63, 3.8) is 0 Å². The first-order chi connectivity index (χ1) is 7.68. The van der Waals surface area contributed by atoms with Crippen molar-refractivity contribution >= 4 is 5.91 Å². The van der Waals surface area contributed by atoms with Crippen LogP contribution in [0.3, 0.4) is 0 Å². The normalized spacial score (nSPS) is 24.6. The third-order valence-electron chi connectivity index (χ3n) is 3.20. The molecule has 0 spiro atoms. The predicted octanol–water partition coefficient (Wildman–Crippen LogP) is 0.332. The van der Waals surface area contributed by atoms with Crippen LogP contribution in [0.1, 0.15) is 24.6 Å². The van der Waals surface area contributed by atoms with Crippen LogP contribution in [0.25, 0.3) is 0 Å². The summed E-state index contributed by atoms with van der Waals surface area (Å²) in [7, 11) is 0. The number of hydrogen-bond acceptors (Lipinski definition) is 3. The lowest BCUT2D eigenvalue weighted by Crippen LogP contribution is -2.42. The molecule has 0 radical (unpaired) electrons. The summed E-state index contributed by atoms with van der Waals surface area (Å²) >= 11 is 0. The van der Waals surface area contributed by atoms with Crippen molar-refractivity contribution in [2.24, 2.45) is 5.92 Å². The third kappa shape index (κ3) is 2.24. The largest absolute Gasteiger partial charge is 0.351 e. The number of carbonyl (C=O) groups excluding carboxylic acids is 1. The van der Waals surface area contributed by atoms with Gasteiger partial charge in [-0.3, -0.25) is 9.89 Å². The van der Waals surface area contributed by atoms with Gasteiger partial charge in [0, 0.05) is 17.8 Å². The number of nitrogens with zero attached hydrogens (tertiary/aromatic N) is 1. The van der Waals surface area contributed by atoms with E-state index in [1.54, 1.807) is 6.20 Å². The number of H-pyrrole nitrogens is 1. The van der Waals surface area contributed by atoms with Gasteiger partial charge < -0.3 is 10.6 Å². The Kier molecular flexibility index (Phi) is 3.24. The van der Waals surface area contributed by atoms with E-state index in [2.05, 4.69) is 27.8 Å². The molecule has 5 heteroatoms. The maximum Gasteiger partial charge on any atom is 0.237 e. The fourth-order valence-electron chi connectivity index (χ4n) is 2.03. The molecule has 2 atom stereocenters. The molecular weight excluding hydrogens is 204 g/mol. The van der Waals surface area contributed by atoms with Crippen molar-refractivity contribution < 1.29 is 4.79 Å². The van der Waals surface area contributed by atoms with Crippen molar-refractivity contribution in [3.8, 4) is 0 Å². The van der Waals surface area contributed by atoms with Gasteiger partial charge in [-0.1, -0.05) is 6.92 Å². The molecule has 0 aliphatic carbocycles. The number of hydrogen-bond donors (Lipinski definition) is 3. The molecule has 88 valence electrons. The van der Waals surface area contributed by atoms with E-state index in [4.69, 9.17) is 0 Å². The first-order valence-electron chi connectivity index (χ1n) is 5.68. The zero-order valence-corrected chi connectivity index (χ0v) is 9.71. The second-order valence-corrected chi connectivity index (χ2v) is 4.44. The molecule has 0 bridgehead atoms. The summed E-state index contributed by atoms with van der Waals surface area (Å²) in [6.45, 7) is 5.54. The first-order valence-corrected chi connectivity index (χ1v) is 5.68. The van der Waals surface area contributed by atoms with Crippen molar-refractivity contribution in [1.82, 2.24) is 20.8 Å². The zero-order chi connectivity index (χ0) is 11.5. The smallest absolute Gasteiger partial charge is 0.237 e. The highest BCUT2D eigenvalue weighted by atomic mass is 16.2. The van der Waals surface area contributed by atoms with Crippen LogP contribution in [0.15, 0.2) is 6.20 Å². The lowest BCUT2D eigenvalue weighted by atomic mass is 10.0. The monoisotopic (exact) mass is 222 g/mol. The van der Waals surface area contributed by atoms with Crippen LogP contribution in [-0.4, -0.2) is 28.7 Å². The van der Waals surface area contributed by atoms with Crippen molar-refractivity contribution in [3.05, 3.63) is 17.5 Å². The van der Waals surface area contributed by atoms with Gasteiger partial charge in [0.2, 0.25) is 5.91 Å². The molecular formula is C11H18N4O. The van der Waals surface area contributed by atoms with Gasteiger partial charge in [-0.2, -0.15) is 5.10 Å². The molecule has 1 aliphatic heterocycles. The number of aromatic amines is 1. The van der Waals surface area contributed by atoms with E-state index < -0.39 is 0 Å². The highest BCUT2D eigenvalue weighted by Gasteiger charge is 2.28. The Morgan fingerprint density at radius 2 is 2.50 bits per heavy atom. The van der Waals surface area contributed by atoms with Crippen LogP contribution in [0.2, 0.25) is 0 Å². The van der Waals surface area contributed by atoms with Crippen LogP contribution >= 0.6 is 0 Å². The minimum Gasteiger partial charge on any atom is -0.351 e. The number of amides is 1. The van der Waals surface area contributed by atoms with Gasteiger partial charge in [0.05, 0.1) is 12.2 Å². The Bertz CT molecular complexity index is 374. The molecule has 1 saturated heterocycles. The molecule has 3 N–H and O–H groups in total. The Morgan fingerprint density at radius 3 is 3.06 bits per heavy atom. The summed E-state index contributed by atoms with van der Waals surface area (Å²) in [5.41, 5.74) is 2.05. The second kappa shape index (κ2) is 4.65. The quantitative estimate of drug-likeness (QED) is 0.690. The summed E-state index contributed by atoms with van der Waals surface area (Å²) in [5, 5.41) is 12.9. The molecule has 5 nitrogen and oxygen atoms in total. The van der Waals surface area contributed by atoms with E-state index in [9.17, 15) is 4.79 Å². The van der Waals surface area contributed by atoms with E-state index in [0.717, 1.165) is 24.2 Å². The fourth-order valence-corrected chi connectivity index (χ4v) is 2.03. The van der Waals surface area contributed by atoms with Gasteiger partial charge in [0.15, 0.2) is 0 Å². The van der Waals surface area contributed by atoms with Crippen LogP contribution in [0, 0.1) is 12.8 Å². The molecule has 0 saturated carbocycles. The summed E-state index contributed by atoms with van der Waals surface area (Å²) in [5.74, 6) is 0.510. The van der Waals surface area contributed by atoms with E-state index in [-0.39, 0.29) is 11.9 Å². The van der Waals surface area contributed by atoms with Gasteiger partial charge >= 0.3 is 0 Å².